The Morgan fingerprint density at radius 1 is 0.882 bits per heavy atom. The van der Waals surface area contributed by atoms with Crippen molar-refractivity contribution >= 4 is 29.7 Å². The molecule has 2 N–H and O–H groups in total. The van der Waals surface area contributed by atoms with Gasteiger partial charge in [0.15, 0.2) is 0 Å². The molecular formula is C23H28N6O5. The second kappa shape index (κ2) is 9.05. The summed E-state index contributed by atoms with van der Waals surface area (Å²) in [6.45, 7) is 4.88. The highest BCUT2D eigenvalue weighted by Gasteiger charge is 2.41. The molecule has 1 aromatic rings. The molecule has 0 radical (unpaired) electrons. The van der Waals surface area contributed by atoms with E-state index in [1.807, 2.05) is 4.90 Å². The largest absolute Gasteiger partial charge is 0.335 e. The lowest BCUT2D eigenvalue weighted by Crippen LogP contribution is -2.57. The van der Waals surface area contributed by atoms with Gasteiger partial charge in [-0.3, -0.25) is 24.5 Å². The van der Waals surface area contributed by atoms with Crippen LogP contribution in [-0.2, 0) is 16.1 Å². The number of imide groups is 1. The van der Waals surface area contributed by atoms with E-state index >= 15 is 0 Å². The van der Waals surface area contributed by atoms with Crippen LogP contribution in [0.15, 0.2) is 18.2 Å². The van der Waals surface area contributed by atoms with Crippen LogP contribution in [0.25, 0.3) is 0 Å². The Balaban J connectivity index is 1.26. The van der Waals surface area contributed by atoms with Gasteiger partial charge < -0.3 is 24.9 Å². The van der Waals surface area contributed by atoms with Crippen molar-refractivity contribution < 1.29 is 24.0 Å². The van der Waals surface area contributed by atoms with E-state index in [0.29, 0.717) is 56.0 Å². The summed E-state index contributed by atoms with van der Waals surface area (Å²) in [5.41, 5.74) is 1.48. The fraction of sp³-hybridized carbons (Fsp3) is 0.522. The van der Waals surface area contributed by atoms with Gasteiger partial charge in [0.05, 0.1) is 0 Å². The molecule has 0 aliphatic carbocycles. The van der Waals surface area contributed by atoms with E-state index in [0.717, 1.165) is 13.1 Å². The average Bonchev–Trinajstić information content (AvgIpc) is 3.20. The molecule has 0 bridgehead atoms. The molecular weight excluding hydrogens is 440 g/mol. The second-order valence-corrected chi connectivity index (χ2v) is 9.03. The van der Waals surface area contributed by atoms with Crippen LogP contribution in [0.2, 0.25) is 0 Å². The van der Waals surface area contributed by atoms with Gasteiger partial charge in [0.1, 0.15) is 6.04 Å². The molecule has 1 unspecified atom stereocenters. The number of piperidine rings is 1. The first kappa shape index (κ1) is 22.3. The van der Waals surface area contributed by atoms with Gasteiger partial charge in [0, 0.05) is 76.5 Å². The topological polar surface area (TPSA) is 122 Å². The zero-order valence-corrected chi connectivity index (χ0v) is 18.9. The summed E-state index contributed by atoms with van der Waals surface area (Å²) in [4.78, 5) is 69.8. The third-order valence-corrected chi connectivity index (χ3v) is 7.04. The maximum atomic E-state index is 13.4. The number of piperazine rings is 2. The number of nitrogens with one attached hydrogen (secondary N) is 2. The normalized spacial score (nSPS) is 23.2. The fourth-order valence-electron chi connectivity index (χ4n) is 5.11. The number of nitrogens with zero attached hydrogens (tertiary/aromatic N) is 4. The van der Waals surface area contributed by atoms with E-state index in [-0.39, 0.29) is 43.1 Å². The van der Waals surface area contributed by atoms with Crippen LogP contribution in [0, 0.1) is 0 Å². The predicted octanol–water partition coefficient (Wildman–Crippen LogP) is -0.769. The fourth-order valence-corrected chi connectivity index (χ4v) is 5.11. The van der Waals surface area contributed by atoms with Gasteiger partial charge in [0.2, 0.25) is 11.8 Å². The summed E-state index contributed by atoms with van der Waals surface area (Å²) in [5.74, 6) is -1.29. The van der Waals surface area contributed by atoms with Crippen molar-refractivity contribution in [2.45, 2.75) is 25.4 Å². The zero-order valence-electron chi connectivity index (χ0n) is 18.9. The van der Waals surface area contributed by atoms with Crippen LogP contribution < -0.4 is 10.6 Å². The summed E-state index contributed by atoms with van der Waals surface area (Å²) >= 11 is 0. The summed E-state index contributed by atoms with van der Waals surface area (Å²) in [6.07, 6.45) is 0.454. The number of amides is 6. The molecule has 0 aromatic heterocycles. The van der Waals surface area contributed by atoms with Gasteiger partial charge in [-0.25, -0.2) is 4.79 Å². The lowest BCUT2D eigenvalue weighted by molar-refractivity contribution is -0.136. The van der Waals surface area contributed by atoms with Crippen LogP contribution in [0.1, 0.15) is 39.1 Å². The Bertz CT molecular complexity index is 1040. The average molecular weight is 469 g/mol. The number of hydrogen-bond acceptors (Lipinski definition) is 6. The van der Waals surface area contributed by atoms with Crippen molar-refractivity contribution in [2.75, 3.05) is 52.4 Å². The monoisotopic (exact) mass is 468 g/mol. The molecule has 3 fully saturated rings. The number of urea groups is 1. The van der Waals surface area contributed by atoms with Crippen molar-refractivity contribution in [3.63, 3.8) is 0 Å². The van der Waals surface area contributed by atoms with E-state index in [1.54, 1.807) is 28.0 Å². The molecule has 1 aromatic carbocycles. The van der Waals surface area contributed by atoms with Crippen LogP contribution >= 0.6 is 0 Å². The SMILES string of the molecule is O=C1CCC(N2Cc3c(C(=O)N4CCN(C(=O)N5CCNCC5)CC4)cccc3C2=O)C(=O)N1. The molecule has 4 aliphatic rings. The quantitative estimate of drug-likeness (QED) is 0.550. The van der Waals surface area contributed by atoms with Crippen molar-refractivity contribution in [1.82, 2.24) is 30.2 Å². The maximum Gasteiger partial charge on any atom is 0.320 e. The van der Waals surface area contributed by atoms with Crippen molar-refractivity contribution in [2.24, 2.45) is 0 Å². The molecule has 11 heteroatoms. The van der Waals surface area contributed by atoms with Crippen molar-refractivity contribution in [3.8, 4) is 0 Å². The van der Waals surface area contributed by atoms with Gasteiger partial charge >= 0.3 is 6.03 Å². The van der Waals surface area contributed by atoms with E-state index in [1.165, 1.54) is 4.90 Å². The zero-order chi connectivity index (χ0) is 23.8. The van der Waals surface area contributed by atoms with E-state index in [2.05, 4.69) is 10.6 Å². The number of carbonyl (C=O) groups is 5. The Hall–Kier alpha value is -3.47. The van der Waals surface area contributed by atoms with E-state index < -0.39 is 11.9 Å². The number of hydrogen-bond donors (Lipinski definition) is 2. The smallest absolute Gasteiger partial charge is 0.320 e. The first-order chi connectivity index (χ1) is 16.4. The van der Waals surface area contributed by atoms with Crippen LogP contribution in [-0.4, -0.2) is 108 Å². The molecule has 180 valence electrons. The van der Waals surface area contributed by atoms with E-state index in [4.69, 9.17) is 0 Å². The highest BCUT2D eigenvalue weighted by molar-refractivity contribution is 6.07. The van der Waals surface area contributed by atoms with Crippen molar-refractivity contribution in [3.05, 3.63) is 34.9 Å². The molecule has 4 aliphatic heterocycles. The summed E-state index contributed by atoms with van der Waals surface area (Å²) < 4.78 is 0. The van der Waals surface area contributed by atoms with Crippen LogP contribution in [0.5, 0.6) is 0 Å². The van der Waals surface area contributed by atoms with Crippen LogP contribution in [0.3, 0.4) is 0 Å². The summed E-state index contributed by atoms with van der Waals surface area (Å²) in [6, 6.07) is 4.35. The van der Waals surface area contributed by atoms with Gasteiger partial charge in [-0.2, -0.15) is 0 Å². The minimum Gasteiger partial charge on any atom is -0.335 e. The lowest BCUT2D eigenvalue weighted by atomic mass is 10.0. The Morgan fingerprint density at radius 3 is 2.26 bits per heavy atom. The van der Waals surface area contributed by atoms with Gasteiger partial charge in [-0.1, -0.05) is 6.07 Å². The molecule has 3 saturated heterocycles. The molecule has 0 spiro atoms. The standard InChI is InChI=1S/C23H28N6O5/c30-19-5-4-18(20(31)25-19)29-14-17-15(2-1-3-16(17)22(29)33)21(32)26-10-12-28(13-11-26)23(34)27-8-6-24-7-9-27/h1-3,18,24H,4-14H2,(H,25,30,31). The number of benzene rings is 1. The molecule has 11 nitrogen and oxygen atoms in total. The third kappa shape index (κ3) is 4.00. The third-order valence-electron chi connectivity index (χ3n) is 7.04. The highest BCUT2D eigenvalue weighted by Crippen LogP contribution is 2.30. The summed E-state index contributed by atoms with van der Waals surface area (Å²) in [5, 5.41) is 5.53. The maximum absolute atomic E-state index is 13.4. The molecule has 4 heterocycles. The molecule has 0 saturated carbocycles. The summed E-state index contributed by atoms with van der Waals surface area (Å²) in [7, 11) is 0. The molecule has 5 rings (SSSR count). The van der Waals surface area contributed by atoms with Gasteiger partial charge in [0.25, 0.3) is 11.8 Å². The molecule has 6 amide bonds. The Morgan fingerprint density at radius 2 is 1.56 bits per heavy atom. The first-order valence-corrected chi connectivity index (χ1v) is 11.7. The Labute approximate surface area is 197 Å². The number of rotatable bonds is 2. The lowest BCUT2D eigenvalue weighted by Gasteiger charge is -2.38. The molecule has 1 atom stereocenters. The van der Waals surface area contributed by atoms with Gasteiger partial charge in [-0.05, 0) is 24.1 Å². The molecule has 34 heavy (non-hydrogen) atoms. The minimum atomic E-state index is -0.722. The number of fused-ring (bicyclic) bond motifs is 1. The van der Waals surface area contributed by atoms with Crippen LogP contribution in [0.4, 0.5) is 4.79 Å². The predicted molar refractivity (Wildman–Crippen MR) is 120 cm³/mol. The first-order valence-electron chi connectivity index (χ1n) is 11.7. The highest BCUT2D eigenvalue weighted by atomic mass is 16.2. The number of carbonyl (C=O) groups excluding carboxylic acids is 5. The Kier molecular flexibility index (Phi) is 5.94. The second-order valence-electron chi connectivity index (χ2n) is 9.03. The van der Waals surface area contributed by atoms with E-state index in [9.17, 15) is 24.0 Å². The van der Waals surface area contributed by atoms with Crippen molar-refractivity contribution in [1.29, 1.82) is 0 Å². The minimum absolute atomic E-state index is 0.0136. The van der Waals surface area contributed by atoms with Gasteiger partial charge in [-0.15, -0.1) is 0 Å².